The summed E-state index contributed by atoms with van der Waals surface area (Å²) in [5.41, 5.74) is 7.69. The molecule has 0 saturated carbocycles. The molecular weight excluding hydrogens is 239 g/mol. The zero-order valence-corrected chi connectivity index (χ0v) is 10.9. The Hall–Kier alpha value is -1.74. The van der Waals surface area contributed by atoms with Crippen molar-refractivity contribution in [3.05, 3.63) is 65.7 Å². The molecule has 0 aliphatic heterocycles. The summed E-state index contributed by atoms with van der Waals surface area (Å²) < 4.78 is 13.6. The van der Waals surface area contributed by atoms with Crippen LogP contribution in [0.4, 0.5) is 4.39 Å². The molecule has 2 aromatic rings. The monoisotopic (exact) mass is 258 g/mol. The summed E-state index contributed by atoms with van der Waals surface area (Å²) in [4.78, 5) is 4.03. The zero-order valence-electron chi connectivity index (χ0n) is 10.9. The van der Waals surface area contributed by atoms with E-state index in [2.05, 4.69) is 4.98 Å². The third kappa shape index (κ3) is 3.86. The maximum atomic E-state index is 13.6. The lowest BCUT2D eigenvalue weighted by atomic mass is 9.90. The first-order valence-corrected chi connectivity index (χ1v) is 6.64. The largest absolute Gasteiger partial charge is 0.330 e. The second-order valence-corrected chi connectivity index (χ2v) is 4.68. The highest BCUT2D eigenvalue weighted by atomic mass is 19.1. The highest BCUT2D eigenvalue weighted by Gasteiger charge is 2.12. The first kappa shape index (κ1) is 13.7. The van der Waals surface area contributed by atoms with Gasteiger partial charge < -0.3 is 5.73 Å². The van der Waals surface area contributed by atoms with E-state index in [0.717, 1.165) is 24.8 Å². The first-order valence-electron chi connectivity index (χ1n) is 6.64. The van der Waals surface area contributed by atoms with Gasteiger partial charge in [-0.3, -0.25) is 4.98 Å². The average molecular weight is 258 g/mol. The molecule has 0 bridgehead atoms. The van der Waals surface area contributed by atoms with Gasteiger partial charge >= 0.3 is 0 Å². The van der Waals surface area contributed by atoms with Crippen molar-refractivity contribution >= 4 is 0 Å². The second kappa shape index (κ2) is 7.00. The Labute approximate surface area is 113 Å². The number of hydrogen-bond donors (Lipinski definition) is 1. The van der Waals surface area contributed by atoms with Crippen LogP contribution in [-0.2, 0) is 6.42 Å². The third-order valence-electron chi connectivity index (χ3n) is 3.41. The number of pyridine rings is 1. The maximum absolute atomic E-state index is 13.6. The van der Waals surface area contributed by atoms with E-state index in [4.69, 9.17) is 5.73 Å². The third-order valence-corrected chi connectivity index (χ3v) is 3.41. The van der Waals surface area contributed by atoms with Gasteiger partial charge in [-0.25, -0.2) is 4.39 Å². The Bertz CT molecular complexity index is 499. The molecule has 1 aromatic carbocycles. The predicted octanol–water partition coefficient (Wildman–Crippen LogP) is 3.29. The minimum absolute atomic E-state index is 0.122. The van der Waals surface area contributed by atoms with Crippen molar-refractivity contribution < 1.29 is 4.39 Å². The first-order chi connectivity index (χ1) is 9.31. The molecule has 19 heavy (non-hydrogen) atoms. The van der Waals surface area contributed by atoms with Crippen LogP contribution in [0.1, 0.15) is 29.9 Å². The van der Waals surface area contributed by atoms with Crippen molar-refractivity contribution in [2.24, 2.45) is 5.73 Å². The lowest BCUT2D eigenvalue weighted by molar-refractivity contribution is 0.559. The zero-order chi connectivity index (χ0) is 13.5. The topological polar surface area (TPSA) is 38.9 Å². The van der Waals surface area contributed by atoms with Crippen LogP contribution < -0.4 is 5.73 Å². The molecule has 2 N–H and O–H groups in total. The molecule has 1 atom stereocenters. The molecule has 0 fully saturated rings. The minimum Gasteiger partial charge on any atom is -0.330 e. The Morgan fingerprint density at radius 2 is 1.79 bits per heavy atom. The van der Waals surface area contributed by atoms with Crippen molar-refractivity contribution in [1.82, 2.24) is 4.98 Å². The maximum Gasteiger partial charge on any atom is 0.126 e. The Kier molecular flexibility index (Phi) is 5.04. The van der Waals surface area contributed by atoms with Crippen LogP contribution in [0, 0.1) is 5.82 Å². The van der Waals surface area contributed by atoms with Crippen molar-refractivity contribution in [1.29, 1.82) is 0 Å². The normalized spacial score (nSPS) is 12.3. The molecule has 2 rings (SSSR count). The predicted molar refractivity (Wildman–Crippen MR) is 75.4 cm³/mol. The van der Waals surface area contributed by atoms with Crippen LogP contribution in [0.2, 0.25) is 0 Å². The van der Waals surface area contributed by atoms with E-state index < -0.39 is 0 Å². The second-order valence-electron chi connectivity index (χ2n) is 4.68. The van der Waals surface area contributed by atoms with Crippen LogP contribution in [0.3, 0.4) is 0 Å². The van der Waals surface area contributed by atoms with Gasteiger partial charge in [0.2, 0.25) is 0 Å². The van der Waals surface area contributed by atoms with Gasteiger partial charge in [-0.15, -0.1) is 0 Å². The van der Waals surface area contributed by atoms with Crippen molar-refractivity contribution in [2.75, 3.05) is 6.54 Å². The average Bonchev–Trinajstić information content (AvgIpc) is 2.46. The molecule has 1 aromatic heterocycles. The lowest BCUT2D eigenvalue weighted by Gasteiger charge is -2.16. The van der Waals surface area contributed by atoms with Gasteiger partial charge in [0.25, 0.3) is 0 Å². The highest BCUT2D eigenvalue weighted by molar-refractivity contribution is 5.20. The Balaban J connectivity index is 2.04. The SMILES string of the molecule is NCCC(CCc1ccccc1F)c1ccncc1. The number of aromatic nitrogens is 1. The summed E-state index contributed by atoms with van der Waals surface area (Å²) >= 11 is 0. The standard InChI is InChI=1S/C16H19FN2/c17-16-4-2-1-3-15(16)6-5-13(7-10-18)14-8-11-19-12-9-14/h1-4,8-9,11-13H,5-7,10,18H2. The van der Waals surface area contributed by atoms with Crippen LogP contribution >= 0.6 is 0 Å². The smallest absolute Gasteiger partial charge is 0.126 e. The molecule has 0 saturated heterocycles. The molecule has 1 heterocycles. The van der Waals surface area contributed by atoms with E-state index in [-0.39, 0.29) is 5.82 Å². The van der Waals surface area contributed by atoms with E-state index >= 15 is 0 Å². The number of nitrogens with zero attached hydrogens (tertiary/aromatic N) is 1. The summed E-state index contributed by atoms with van der Waals surface area (Å²) in [6.45, 7) is 0.643. The quantitative estimate of drug-likeness (QED) is 0.863. The molecule has 3 heteroatoms. The van der Waals surface area contributed by atoms with Gasteiger partial charge in [0.1, 0.15) is 5.82 Å². The summed E-state index contributed by atoms with van der Waals surface area (Å²) in [7, 11) is 0. The van der Waals surface area contributed by atoms with Gasteiger partial charge in [0.05, 0.1) is 0 Å². The Morgan fingerprint density at radius 1 is 1.05 bits per heavy atom. The van der Waals surface area contributed by atoms with E-state index in [0.29, 0.717) is 12.5 Å². The summed E-state index contributed by atoms with van der Waals surface area (Å²) in [5, 5.41) is 0. The van der Waals surface area contributed by atoms with Crippen molar-refractivity contribution in [3.63, 3.8) is 0 Å². The lowest BCUT2D eigenvalue weighted by Crippen LogP contribution is -2.09. The fraction of sp³-hybridized carbons (Fsp3) is 0.312. The Morgan fingerprint density at radius 3 is 2.47 bits per heavy atom. The van der Waals surface area contributed by atoms with Crippen LogP contribution in [-0.4, -0.2) is 11.5 Å². The molecular formula is C16H19FN2. The number of halogens is 1. The van der Waals surface area contributed by atoms with E-state index in [1.54, 1.807) is 18.5 Å². The van der Waals surface area contributed by atoms with Crippen LogP contribution in [0.15, 0.2) is 48.8 Å². The number of rotatable bonds is 6. The molecule has 1 unspecified atom stereocenters. The van der Waals surface area contributed by atoms with Crippen molar-refractivity contribution in [2.45, 2.75) is 25.2 Å². The number of nitrogens with two attached hydrogens (primary N) is 1. The summed E-state index contributed by atoms with van der Waals surface area (Å²) in [6, 6.07) is 11.0. The fourth-order valence-corrected chi connectivity index (χ4v) is 2.35. The van der Waals surface area contributed by atoms with Crippen LogP contribution in [0.5, 0.6) is 0 Å². The highest BCUT2D eigenvalue weighted by Crippen LogP contribution is 2.24. The fourth-order valence-electron chi connectivity index (χ4n) is 2.35. The summed E-state index contributed by atoms with van der Waals surface area (Å²) in [6.07, 6.45) is 6.14. The van der Waals surface area contributed by atoms with Crippen molar-refractivity contribution in [3.8, 4) is 0 Å². The van der Waals surface area contributed by atoms with E-state index in [9.17, 15) is 4.39 Å². The van der Waals surface area contributed by atoms with Gasteiger partial charge in [0.15, 0.2) is 0 Å². The summed E-state index contributed by atoms with van der Waals surface area (Å²) in [5.74, 6) is 0.247. The van der Waals surface area contributed by atoms with Gasteiger partial charge in [-0.2, -0.15) is 0 Å². The number of benzene rings is 1. The van der Waals surface area contributed by atoms with E-state index in [1.165, 1.54) is 11.6 Å². The van der Waals surface area contributed by atoms with Gasteiger partial charge in [-0.1, -0.05) is 18.2 Å². The number of hydrogen-bond acceptors (Lipinski definition) is 2. The van der Waals surface area contributed by atoms with Gasteiger partial charge in [-0.05, 0) is 61.1 Å². The van der Waals surface area contributed by atoms with Crippen LogP contribution in [0.25, 0.3) is 0 Å². The number of aryl methyl sites for hydroxylation is 1. The molecule has 100 valence electrons. The molecule has 0 radical (unpaired) electrons. The van der Waals surface area contributed by atoms with E-state index in [1.807, 2.05) is 24.3 Å². The molecule has 0 aliphatic carbocycles. The minimum atomic E-state index is -0.122. The molecule has 0 amide bonds. The molecule has 0 aliphatic rings. The van der Waals surface area contributed by atoms with Gasteiger partial charge in [0, 0.05) is 12.4 Å². The molecule has 0 spiro atoms. The molecule has 2 nitrogen and oxygen atoms in total.